The van der Waals surface area contributed by atoms with E-state index in [1.807, 2.05) is 18.2 Å². The maximum Gasteiger partial charge on any atom is 0.326 e. The summed E-state index contributed by atoms with van der Waals surface area (Å²) in [6.45, 7) is 1.89. The number of carbonyl (C=O) groups excluding carboxylic acids is 2. The van der Waals surface area contributed by atoms with Gasteiger partial charge in [-0.1, -0.05) is 27.3 Å². The smallest absolute Gasteiger partial charge is 0.326 e. The molecule has 0 saturated carbocycles. The molecule has 0 N–H and O–H groups in total. The van der Waals surface area contributed by atoms with Crippen LogP contribution in [0, 0.1) is 0 Å². The van der Waals surface area contributed by atoms with Crippen LogP contribution >= 0.6 is 27.3 Å². The average Bonchev–Trinajstić information content (AvgIpc) is 3.04. The van der Waals surface area contributed by atoms with Gasteiger partial charge in [0.15, 0.2) is 4.80 Å². The Morgan fingerprint density at radius 2 is 1.84 bits per heavy atom. The first-order chi connectivity index (χ1) is 14.6. The summed E-state index contributed by atoms with van der Waals surface area (Å²) in [5.74, 6) is -0.978. The lowest BCUT2D eigenvalue weighted by atomic mass is 10.2. The van der Waals surface area contributed by atoms with E-state index < -0.39 is 21.9 Å². The van der Waals surface area contributed by atoms with E-state index in [1.165, 1.54) is 49.7 Å². The van der Waals surface area contributed by atoms with Crippen molar-refractivity contribution in [2.45, 2.75) is 18.4 Å². The van der Waals surface area contributed by atoms with Crippen molar-refractivity contribution in [3.63, 3.8) is 0 Å². The van der Waals surface area contributed by atoms with Gasteiger partial charge in [-0.25, -0.2) is 12.7 Å². The van der Waals surface area contributed by atoms with Gasteiger partial charge in [0.1, 0.15) is 6.54 Å². The van der Waals surface area contributed by atoms with Gasteiger partial charge in [-0.05, 0) is 49.4 Å². The number of esters is 1. The number of halogens is 1. The molecule has 164 valence electrons. The van der Waals surface area contributed by atoms with Crippen molar-refractivity contribution in [2.24, 2.45) is 4.99 Å². The zero-order valence-corrected chi connectivity index (χ0v) is 20.3. The van der Waals surface area contributed by atoms with Gasteiger partial charge in [0.25, 0.3) is 5.91 Å². The van der Waals surface area contributed by atoms with Crippen LogP contribution in [-0.4, -0.2) is 49.9 Å². The molecule has 1 aromatic heterocycles. The maximum absolute atomic E-state index is 12.8. The lowest BCUT2D eigenvalue weighted by Gasteiger charge is -2.11. The lowest BCUT2D eigenvalue weighted by molar-refractivity contribution is -0.143. The molecule has 3 aromatic rings. The van der Waals surface area contributed by atoms with E-state index >= 15 is 0 Å². The number of carbonyl (C=O) groups is 2. The van der Waals surface area contributed by atoms with Gasteiger partial charge in [0.2, 0.25) is 10.0 Å². The number of aromatic nitrogens is 1. The fourth-order valence-electron chi connectivity index (χ4n) is 2.75. The van der Waals surface area contributed by atoms with E-state index in [1.54, 1.807) is 11.5 Å². The van der Waals surface area contributed by atoms with Gasteiger partial charge in [-0.2, -0.15) is 4.99 Å². The molecule has 31 heavy (non-hydrogen) atoms. The van der Waals surface area contributed by atoms with Crippen LogP contribution in [0.1, 0.15) is 17.3 Å². The molecular weight excluding hydrogens is 506 g/mol. The number of ether oxygens (including phenoxy) is 1. The summed E-state index contributed by atoms with van der Waals surface area (Å²) in [5.41, 5.74) is 0.985. The number of fused-ring (bicyclic) bond motifs is 1. The van der Waals surface area contributed by atoms with Crippen LogP contribution in [0.15, 0.2) is 56.8 Å². The number of thiazole rings is 1. The molecule has 0 aliphatic carbocycles. The Labute approximate surface area is 192 Å². The summed E-state index contributed by atoms with van der Waals surface area (Å²) in [7, 11) is -0.719. The Hall–Kier alpha value is -2.34. The Kier molecular flexibility index (Phi) is 7.10. The average molecular weight is 526 g/mol. The molecule has 1 heterocycles. The quantitative estimate of drug-likeness (QED) is 0.460. The molecule has 2 aromatic carbocycles. The Morgan fingerprint density at radius 1 is 1.16 bits per heavy atom. The predicted molar refractivity (Wildman–Crippen MR) is 121 cm³/mol. The van der Waals surface area contributed by atoms with E-state index in [2.05, 4.69) is 20.9 Å². The third-order valence-corrected chi connectivity index (χ3v) is 7.68. The second-order valence-corrected chi connectivity index (χ2v) is 10.7. The zero-order valence-electron chi connectivity index (χ0n) is 17.0. The van der Waals surface area contributed by atoms with E-state index in [-0.39, 0.29) is 23.6 Å². The van der Waals surface area contributed by atoms with Crippen LogP contribution in [-0.2, 0) is 26.1 Å². The van der Waals surface area contributed by atoms with Crippen LogP contribution in [0.4, 0.5) is 0 Å². The molecule has 0 aliphatic heterocycles. The second kappa shape index (κ2) is 9.43. The first-order valence-electron chi connectivity index (χ1n) is 9.19. The van der Waals surface area contributed by atoms with Crippen LogP contribution in [0.3, 0.4) is 0 Å². The molecule has 11 heteroatoms. The van der Waals surface area contributed by atoms with Crippen molar-refractivity contribution in [3.05, 3.63) is 57.3 Å². The first-order valence-corrected chi connectivity index (χ1v) is 12.2. The minimum Gasteiger partial charge on any atom is -0.465 e. The minimum atomic E-state index is -3.59. The van der Waals surface area contributed by atoms with Crippen molar-refractivity contribution in [3.8, 4) is 0 Å². The predicted octanol–water partition coefficient (Wildman–Crippen LogP) is 3.02. The lowest BCUT2D eigenvalue weighted by Crippen LogP contribution is -2.23. The van der Waals surface area contributed by atoms with E-state index in [9.17, 15) is 18.0 Å². The normalized spacial score (nSPS) is 12.5. The number of benzene rings is 2. The monoisotopic (exact) mass is 525 g/mol. The number of nitrogens with zero attached hydrogens (tertiary/aromatic N) is 3. The van der Waals surface area contributed by atoms with Crippen LogP contribution in [0.2, 0.25) is 0 Å². The van der Waals surface area contributed by atoms with Gasteiger partial charge in [-0.3, -0.25) is 9.59 Å². The number of rotatable bonds is 6. The molecule has 0 saturated heterocycles. The molecule has 0 bridgehead atoms. The van der Waals surface area contributed by atoms with Crippen molar-refractivity contribution in [2.75, 3.05) is 20.7 Å². The highest BCUT2D eigenvalue weighted by atomic mass is 79.9. The largest absolute Gasteiger partial charge is 0.465 e. The van der Waals surface area contributed by atoms with Crippen molar-refractivity contribution < 1.29 is 22.7 Å². The summed E-state index contributed by atoms with van der Waals surface area (Å²) < 4.78 is 33.9. The SMILES string of the molecule is CCOC(=O)Cn1c(=NC(=O)c2ccc(S(=O)(=O)N(C)C)cc2)sc2cc(Br)ccc21. The zero-order chi connectivity index (χ0) is 22.8. The molecule has 0 atom stereocenters. The molecular formula is C20H20BrN3O5S2. The minimum absolute atomic E-state index is 0.0816. The van der Waals surface area contributed by atoms with E-state index in [0.717, 1.165) is 19.0 Å². The fraction of sp³-hybridized carbons (Fsp3) is 0.250. The number of hydrogen-bond donors (Lipinski definition) is 0. The molecule has 0 aliphatic rings. The van der Waals surface area contributed by atoms with Gasteiger partial charge >= 0.3 is 5.97 Å². The van der Waals surface area contributed by atoms with Crippen molar-refractivity contribution in [1.29, 1.82) is 0 Å². The van der Waals surface area contributed by atoms with Crippen LogP contribution < -0.4 is 4.80 Å². The highest BCUT2D eigenvalue weighted by molar-refractivity contribution is 9.10. The van der Waals surface area contributed by atoms with Crippen molar-refractivity contribution >= 4 is 59.4 Å². The van der Waals surface area contributed by atoms with Gasteiger partial charge in [-0.15, -0.1) is 0 Å². The molecule has 0 unspecified atom stereocenters. The fourth-order valence-corrected chi connectivity index (χ4v) is 5.23. The Morgan fingerprint density at radius 3 is 2.45 bits per heavy atom. The summed E-state index contributed by atoms with van der Waals surface area (Å²) in [6.07, 6.45) is 0. The summed E-state index contributed by atoms with van der Waals surface area (Å²) in [4.78, 5) is 29.5. The van der Waals surface area contributed by atoms with Gasteiger partial charge in [0, 0.05) is 24.1 Å². The summed E-state index contributed by atoms with van der Waals surface area (Å²) >= 11 is 4.69. The van der Waals surface area contributed by atoms with Crippen molar-refractivity contribution in [1.82, 2.24) is 8.87 Å². The summed E-state index contributed by atoms with van der Waals surface area (Å²) in [5, 5.41) is 0. The Bertz CT molecular complexity index is 1310. The highest BCUT2D eigenvalue weighted by Crippen LogP contribution is 2.22. The number of amides is 1. The first kappa shape index (κ1) is 23.3. The Balaban J connectivity index is 2.03. The molecule has 0 spiro atoms. The maximum atomic E-state index is 12.8. The number of sulfonamides is 1. The topological polar surface area (TPSA) is 98.0 Å². The molecule has 0 fully saturated rings. The van der Waals surface area contributed by atoms with Gasteiger partial charge < -0.3 is 9.30 Å². The molecule has 1 amide bonds. The number of hydrogen-bond acceptors (Lipinski definition) is 6. The summed E-state index contributed by atoms with van der Waals surface area (Å²) in [6, 6.07) is 11.1. The molecule has 3 rings (SSSR count). The van der Waals surface area contributed by atoms with Gasteiger partial charge in [0.05, 0.1) is 21.7 Å². The standard InChI is InChI=1S/C20H20BrN3O5S2/c1-4-29-18(25)12-24-16-10-7-14(21)11-17(16)30-20(24)22-19(26)13-5-8-15(9-6-13)31(27,28)23(2)3/h5-11H,4,12H2,1-3H3. The molecule has 0 radical (unpaired) electrons. The van der Waals surface area contributed by atoms with E-state index in [4.69, 9.17) is 4.74 Å². The van der Waals surface area contributed by atoms with E-state index in [0.29, 0.717) is 4.80 Å². The third kappa shape index (κ3) is 5.12. The highest BCUT2D eigenvalue weighted by Gasteiger charge is 2.18. The van der Waals surface area contributed by atoms with Crippen LogP contribution in [0.5, 0.6) is 0 Å². The van der Waals surface area contributed by atoms with Crippen LogP contribution in [0.25, 0.3) is 10.2 Å². The third-order valence-electron chi connectivity index (χ3n) is 4.31. The second-order valence-electron chi connectivity index (χ2n) is 6.62. The molecule has 8 nitrogen and oxygen atoms in total.